The summed E-state index contributed by atoms with van der Waals surface area (Å²) in [5, 5.41) is 5.14. The predicted octanol–water partition coefficient (Wildman–Crippen LogP) is 5.66. The quantitative estimate of drug-likeness (QED) is 0.265. The van der Waals surface area contributed by atoms with Crippen molar-refractivity contribution < 1.29 is 28.7 Å². The van der Waals surface area contributed by atoms with Crippen molar-refractivity contribution in [3.8, 4) is 11.5 Å². The van der Waals surface area contributed by atoms with Crippen molar-refractivity contribution in [1.29, 1.82) is 0 Å². The second kappa shape index (κ2) is 12.3. The number of urea groups is 1. The average Bonchev–Trinajstić information content (AvgIpc) is 2.91. The Morgan fingerprint density at radius 3 is 2.44 bits per heavy atom. The Labute approximate surface area is 243 Å². The fourth-order valence-corrected chi connectivity index (χ4v) is 4.48. The number of barbiturate groups is 1. The number of rotatable bonds is 8. The SMILES string of the molecule is CCOc1cc(/C=C2/C(=O)NC(=O)N(c3ccc(C)c(C)c3)C2=O)cc(Cl)c1OCC(=O)Nc1cccc(C)c1C. The highest BCUT2D eigenvalue weighted by molar-refractivity contribution is 6.39. The Morgan fingerprint density at radius 1 is 0.976 bits per heavy atom. The summed E-state index contributed by atoms with van der Waals surface area (Å²) in [7, 11) is 0. The number of aryl methyl sites for hydroxylation is 3. The number of nitrogens with one attached hydrogen (secondary N) is 2. The maximum absolute atomic E-state index is 13.3. The number of imide groups is 2. The lowest BCUT2D eigenvalue weighted by atomic mass is 10.0. The molecule has 0 spiro atoms. The number of ether oxygens (including phenoxy) is 2. The van der Waals surface area contributed by atoms with Gasteiger partial charge in [-0.1, -0.05) is 29.8 Å². The lowest BCUT2D eigenvalue weighted by Crippen LogP contribution is -2.54. The van der Waals surface area contributed by atoms with Crippen LogP contribution in [-0.4, -0.2) is 37.0 Å². The van der Waals surface area contributed by atoms with E-state index in [2.05, 4.69) is 10.6 Å². The van der Waals surface area contributed by atoms with Crippen LogP contribution in [0.5, 0.6) is 11.5 Å². The summed E-state index contributed by atoms with van der Waals surface area (Å²) < 4.78 is 11.4. The summed E-state index contributed by atoms with van der Waals surface area (Å²) in [6.45, 7) is 9.34. The minimum Gasteiger partial charge on any atom is -0.490 e. The zero-order valence-corrected chi connectivity index (χ0v) is 24.1. The van der Waals surface area contributed by atoms with E-state index in [-0.39, 0.29) is 41.2 Å². The molecule has 0 radical (unpaired) electrons. The molecule has 3 aromatic carbocycles. The van der Waals surface area contributed by atoms with Crippen molar-refractivity contribution in [2.45, 2.75) is 34.6 Å². The smallest absolute Gasteiger partial charge is 0.335 e. The molecule has 0 saturated carbocycles. The minimum atomic E-state index is -0.837. The van der Waals surface area contributed by atoms with E-state index in [0.29, 0.717) is 16.9 Å². The zero-order chi connectivity index (χ0) is 29.8. The van der Waals surface area contributed by atoms with E-state index in [1.807, 2.05) is 39.8 Å². The molecule has 0 aromatic heterocycles. The Bertz CT molecular complexity index is 1600. The van der Waals surface area contributed by atoms with Crippen LogP contribution in [0.3, 0.4) is 0 Å². The number of hydrogen-bond donors (Lipinski definition) is 2. The highest BCUT2D eigenvalue weighted by Crippen LogP contribution is 2.38. The summed E-state index contributed by atoms with van der Waals surface area (Å²) in [5.41, 5.74) is 4.99. The molecular formula is C31H30ClN3O6. The van der Waals surface area contributed by atoms with Crippen LogP contribution in [-0.2, 0) is 14.4 Å². The van der Waals surface area contributed by atoms with Gasteiger partial charge in [-0.2, -0.15) is 0 Å². The maximum atomic E-state index is 13.3. The molecule has 0 aliphatic carbocycles. The monoisotopic (exact) mass is 575 g/mol. The van der Waals surface area contributed by atoms with Gasteiger partial charge in [0.2, 0.25) is 0 Å². The van der Waals surface area contributed by atoms with Gasteiger partial charge in [0.1, 0.15) is 5.57 Å². The van der Waals surface area contributed by atoms with Crippen LogP contribution in [0.4, 0.5) is 16.2 Å². The van der Waals surface area contributed by atoms with Crippen molar-refractivity contribution >= 4 is 52.8 Å². The van der Waals surface area contributed by atoms with Crippen molar-refractivity contribution in [2.24, 2.45) is 0 Å². The molecule has 0 bridgehead atoms. The summed E-state index contributed by atoms with van der Waals surface area (Å²) in [5.74, 6) is -1.64. The Morgan fingerprint density at radius 2 is 1.73 bits per heavy atom. The van der Waals surface area contributed by atoms with E-state index in [1.165, 1.54) is 18.2 Å². The fraction of sp³-hybridized carbons (Fsp3) is 0.226. The first kappa shape index (κ1) is 29.4. The first-order chi connectivity index (χ1) is 19.5. The number of anilines is 2. The van der Waals surface area contributed by atoms with Gasteiger partial charge >= 0.3 is 6.03 Å². The number of carbonyl (C=O) groups excluding carboxylic acids is 4. The number of nitrogens with zero attached hydrogens (tertiary/aromatic N) is 1. The van der Waals surface area contributed by atoms with Crippen LogP contribution in [0.2, 0.25) is 5.02 Å². The second-order valence-electron chi connectivity index (χ2n) is 9.57. The summed E-state index contributed by atoms with van der Waals surface area (Å²) in [6.07, 6.45) is 1.32. The Balaban J connectivity index is 1.59. The highest BCUT2D eigenvalue weighted by Gasteiger charge is 2.37. The molecule has 1 fully saturated rings. The molecule has 1 aliphatic rings. The van der Waals surface area contributed by atoms with Crippen molar-refractivity contribution in [2.75, 3.05) is 23.4 Å². The predicted molar refractivity (Wildman–Crippen MR) is 158 cm³/mol. The third-order valence-corrected chi connectivity index (χ3v) is 7.00. The first-order valence-corrected chi connectivity index (χ1v) is 13.3. The number of carbonyl (C=O) groups is 4. The number of amides is 5. The zero-order valence-electron chi connectivity index (χ0n) is 23.4. The lowest BCUT2D eigenvalue weighted by molar-refractivity contribution is -0.122. The highest BCUT2D eigenvalue weighted by atomic mass is 35.5. The molecule has 10 heteroatoms. The molecular weight excluding hydrogens is 546 g/mol. The standard InChI is InChI=1S/C31H30ClN3O6/c1-6-40-26-15-21(14-24(32)28(26)41-16-27(36)33-25-9-7-8-18(3)20(25)5)13-23-29(37)34-31(39)35(30(23)38)22-11-10-17(2)19(4)12-22/h7-15H,6,16H2,1-5H3,(H,33,36)(H,34,37,39)/b23-13-. The van der Waals surface area contributed by atoms with Crippen LogP contribution in [0.25, 0.3) is 6.08 Å². The topological polar surface area (TPSA) is 114 Å². The van der Waals surface area contributed by atoms with E-state index < -0.39 is 17.8 Å². The van der Waals surface area contributed by atoms with Crippen LogP contribution in [0.1, 0.15) is 34.7 Å². The van der Waals surface area contributed by atoms with E-state index >= 15 is 0 Å². The molecule has 1 saturated heterocycles. The normalized spacial score (nSPS) is 14.2. The largest absolute Gasteiger partial charge is 0.490 e. The molecule has 0 atom stereocenters. The van der Waals surface area contributed by atoms with Crippen molar-refractivity contribution in [1.82, 2.24) is 5.32 Å². The van der Waals surface area contributed by atoms with E-state index in [1.54, 1.807) is 31.2 Å². The fourth-order valence-electron chi connectivity index (χ4n) is 4.21. The van der Waals surface area contributed by atoms with Gasteiger partial charge in [0, 0.05) is 5.69 Å². The Kier molecular flexibility index (Phi) is 8.78. The van der Waals surface area contributed by atoms with Crippen LogP contribution >= 0.6 is 11.6 Å². The summed E-state index contributed by atoms with van der Waals surface area (Å²) in [6, 6.07) is 12.9. The summed E-state index contributed by atoms with van der Waals surface area (Å²) in [4.78, 5) is 52.1. The Hall–Kier alpha value is -4.63. The van der Waals surface area contributed by atoms with Crippen molar-refractivity contribution in [3.05, 3.63) is 86.9 Å². The van der Waals surface area contributed by atoms with Crippen LogP contribution in [0, 0.1) is 27.7 Å². The molecule has 1 aliphatic heterocycles. The van der Waals surface area contributed by atoms with Gasteiger partial charge in [-0.15, -0.1) is 0 Å². The third-order valence-electron chi connectivity index (χ3n) is 6.72. The summed E-state index contributed by atoms with van der Waals surface area (Å²) >= 11 is 6.51. The molecule has 1 heterocycles. The van der Waals surface area contributed by atoms with Gasteiger partial charge in [0.15, 0.2) is 18.1 Å². The number of halogens is 1. The van der Waals surface area contributed by atoms with Gasteiger partial charge in [-0.05, 0) is 98.8 Å². The molecule has 2 N–H and O–H groups in total. The molecule has 212 valence electrons. The van der Waals surface area contributed by atoms with Gasteiger partial charge in [0.05, 0.1) is 17.3 Å². The van der Waals surface area contributed by atoms with Crippen molar-refractivity contribution in [3.63, 3.8) is 0 Å². The molecule has 5 amide bonds. The molecule has 41 heavy (non-hydrogen) atoms. The number of benzene rings is 3. The van der Waals surface area contributed by atoms with Crippen LogP contribution in [0.15, 0.2) is 54.1 Å². The minimum absolute atomic E-state index is 0.105. The van der Waals surface area contributed by atoms with E-state index in [9.17, 15) is 19.2 Å². The van der Waals surface area contributed by atoms with Gasteiger partial charge in [-0.25, -0.2) is 9.69 Å². The average molecular weight is 576 g/mol. The van der Waals surface area contributed by atoms with E-state index in [4.69, 9.17) is 21.1 Å². The molecule has 4 rings (SSSR count). The third kappa shape index (κ3) is 6.41. The maximum Gasteiger partial charge on any atom is 0.335 e. The van der Waals surface area contributed by atoms with Gasteiger partial charge in [-0.3, -0.25) is 19.7 Å². The molecule has 0 unspecified atom stereocenters. The second-order valence-corrected chi connectivity index (χ2v) is 9.98. The van der Waals surface area contributed by atoms with E-state index in [0.717, 1.165) is 27.2 Å². The van der Waals surface area contributed by atoms with Gasteiger partial charge in [0.25, 0.3) is 17.7 Å². The molecule has 9 nitrogen and oxygen atoms in total. The first-order valence-electron chi connectivity index (χ1n) is 12.9. The van der Waals surface area contributed by atoms with Gasteiger partial charge < -0.3 is 14.8 Å². The lowest BCUT2D eigenvalue weighted by Gasteiger charge is -2.27. The van der Waals surface area contributed by atoms with Crippen LogP contribution < -0.4 is 25.0 Å². The number of hydrogen-bond acceptors (Lipinski definition) is 6. The molecule has 3 aromatic rings.